The van der Waals surface area contributed by atoms with Gasteiger partial charge in [-0.15, -0.1) is 0 Å². The van der Waals surface area contributed by atoms with Crippen LogP contribution in [-0.2, 0) is 6.18 Å². The lowest BCUT2D eigenvalue weighted by atomic mass is 10.3. The van der Waals surface area contributed by atoms with Gasteiger partial charge < -0.3 is 4.74 Å². The number of ether oxygens (including phenoxy) is 1. The highest BCUT2D eigenvalue weighted by molar-refractivity contribution is 5.22. The Balaban J connectivity index is 2.14. The van der Waals surface area contributed by atoms with Crippen LogP contribution in [0.15, 0.2) is 36.9 Å². The molecule has 17 heavy (non-hydrogen) atoms. The third kappa shape index (κ3) is 2.90. The molecule has 2 aromatic rings. The monoisotopic (exact) mass is 241 g/mol. The van der Waals surface area contributed by atoms with Crippen LogP contribution in [0.2, 0.25) is 0 Å². The summed E-state index contributed by atoms with van der Waals surface area (Å²) in [6, 6.07) is 2.01. The predicted octanol–water partition coefficient (Wildman–Crippen LogP) is 2.68. The number of nitrogens with zero attached hydrogens (tertiary/aromatic N) is 3. The molecule has 0 radical (unpaired) electrons. The maximum Gasteiger partial charge on any atom is 0.417 e. The topological polar surface area (TPSA) is 47.9 Å². The molecule has 0 aliphatic carbocycles. The summed E-state index contributed by atoms with van der Waals surface area (Å²) in [5.74, 6) is 0.193. The first-order valence-electron chi connectivity index (χ1n) is 4.53. The SMILES string of the molecule is FC(F)(F)c1ccc(Oc2cnccn2)nc1. The van der Waals surface area contributed by atoms with Gasteiger partial charge in [0.05, 0.1) is 11.8 Å². The van der Waals surface area contributed by atoms with Gasteiger partial charge in [-0.3, -0.25) is 4.98 Å². The van der Waals surface area contributed by atoms with Crippen LogP contribution in [0.25, 0.3) is 0 Å². The zero-order valence-corrected chi connectivity index (χ0v) is 8.35. The molecule has 0 bridgehead atoms. The van der Waals surface area contributed by atoms with Crippen molar-refractivity contribution in [3.8, 4) is 11.8 Å². The smallest absolute Gasteiger partial charge is 0.417 e. The normalized spacial score (nSPS) is 11.2. The largest absolute Gasteiger partial charge is 0.419 e. The number of pyridine rings is 1. The van der Waals surface area contributed by atoms with Gasteiger partial charge in [-0.2, -0.15) is 13.2 Å². The molecule has 0 aliphatic rings. The molecule has 0 fully saturated rings. The van der Waals surface area contributed by atoms with E-state index in [0.29, 0.717) is 6.20 Å². The lowest BCUT2D eigenvalue weighted by Gasteiger charge is -2.06. The Morgan fingerprint density at radius 2 is 1.76 bits per heavy atom. The fourth-order valence-corrected chi connectivity index (χ4v) is 1.05. The van der Waals surface area contributed by atoms with E-state index in [-0.39, 0.29) is 11.8 Å². The fraction of sp³-hybridized carbons (Fsp3) is 0.100. The van der Waals surface area contributed by atoms with Gasteiger partial charge in [-0.25, -0.2) is 9.97 Å². The molecule has 88 valence electrons. The molecule has 2 aromatic heterocycles. The maximum absolute atomic E-state index is 12.2. The summed E-state index contributed by atoms with van der Waals surface area (Å²) in [6.07, 6.45) is 0.482. The third-order valence-corrected chi connectivity index (χ3v) is 1.81. The Hall–Kier alpha value is -2.18. The number of aromatic nitrogens is 3. The van der Waals surface area contributed by atoms with Crippen molar-refractivity contribution in [1.82, 2.24) is 15.0 Å². The van der Waals surface area contributed by atoms with E-state index < -0.39 is 11.7 Å². The van der Waals surface area contributed by atoms with Gasteiger partial charge in [0.2, 0.25) is 11.8 Å². The second-order valence-corrected chi connectivity index (χ2v) is 3.03. The van der Waals surface area contributed by atoms with Crippen LogP contribution in [0, 0.1) is 0 Å². The van der Waals surface area contributed by atoms with Gasteiger partial charge in [0.15, 0.2) is 0 Å². The fourth-order valence-electron chi connectivity index (χ4n) is 1.05. The third-order valence-electron chi connectivity index (χ3n) is 1.81. The molecule has 0 aliphatic heterocycles. The van der Waals surface area contributed by atoms with Crippen LogP contribution in [0.3, 0.4) is 0 Å². The zero-order valence-electron chi connectivity index (χ0n) is 8.35. The lowest BCUT2D eigenvalue weighted by molar-refractivity contribution is -0.137. The van der Waals surface area contributed by atoms with Crippen LogP contribution < -0.4 is 4.74 Å². The van der Waals surface area contributed by atoms with E-state index >= 15 is 0 Å². The molecule has 0 N–H and O–H groups in total. The molecular formula is C10H6F3N3O. The van der Waals surface area contributed by atoms with E-state index in [4.69, 9.17) is 4.74 Å². The van der Waals surface area contributed by atoms with Crippen molar-refractivity contribution in [3.05, 3.63) is 42.5 Å². The molecule has 0 aromatic carbocycles. The van der Waals surface area contributed by atoms with Crippen molar-refractivity contribution in [2.75, 3.05) is 0 Å². The molecule has 0 unspecified atom stereocenters. The number of halogens is 3. The van der Waals surface area contributed by atoms with Crippen LogP contribution in [-0.4, -0.2) is 15.0 Å². The Morgan fingerprint density at radius 3 is 2.29 bits per heavy atom. The molecule has 2 rings (SSSR count). The van der Waals surface area contributed by atoms with E-state index in [1.54, 1.807) is 0 Å². The Kier molecular flexibility index (Phi) is 2.90. The molecule has 0 amide bonds. The van der Waals surface area contributed by atoms with E-state index in [9.17, 15) is 13.2 Å². The summed E-state index contributed by atoms with van der Waals surface area (Å²) in [4.78, 5) is 11.1. The van der Waals surface area contributed by atoms with Crippen LogP contribution in [0.4, 0.5) is 13.2 Å². The molecule has 7 heteroatoms. The second-order valence-electron chi connectivity index (χ2n) is 3.03. The van der Waals surface area contributed by atoms with Crippen molar-refractivity contribution in [2.45, 2.75) is 6.18 Å². The first kappa shape index (κ1) is 11.3. The van der Waals surface area contributed by atoms with Gasteiger partial charge in [0, 0.05) is 24.7 Å². The minimum Gasteiger partial charge on any atom is -0.419 e. The Labute approximate surface area is 94.1 Å². The molecule has 0 saturated heterocycles. The Morgan fingerprint density at radius 1 is 0.941 bits per heavy atom. The van der Waals surface area contributed by atoms with Crippen LogP contribution >= 0.6 is 0 Å². The van der Waals surface area contributed by atoms with Gasteiger partial charge in [0.25, 0.3) is 0 Å². The summed E-state index contributed by atoms with van der Waals surface area (Å²) >= 11 is 0. The first-order valence-corrected chi connectivity index (χ1v) is 4.53. The van der Waals surface area contributed by atoms with Crippen LogP contribution in [0.5, 0.6) is 11.8 Å². The number of alkyl halides is 3. The molecule has 0 saturated carbocycles. The van der Waals surface area contributed by atoms with E-state index in [2.05, 4.69) is 15.0 Å². The minimum atomic E-state index is -4.40. The summed E-state index contributed by atoms with van der Waals surface area (Å²) in [6.45, 7) is 0. The summed E-state index contributed by atoms with van der Waals surface area (Å²) in [5.41, 5.74) is -0.830. The molecule has 2 heterocycles. The maximum atomic E-state index is 12.2. The van der Waals surface area contributed by atoms with Crippen LogP contribution in [0.1, 0.15) is 5.56 Å². The number of rotatable bonds is 2. The standard InChI is InChI=1S/C10H6F3N3O/c11-10(12,13)7-1-2-8(16-5-7)17-9-6-14-3-4-15-9/h1-6H. The summed E-state index contributed by atoms with van der Waals surface area (Å²) < 4.78 is 41.8. The molecular weight excluding hydrogens is 235 g/mol. The van der Waals surface area contributed by atoms with E-state index in [0.717, 1.165) is 12.1 Å². The van der Waals surface area contributed by atoms with Crippen molar-refractivity contribution in [1.29, 1.82) is 0 Å². The van der Waals surface area contributed by atoms with Gasteiger partial charge in [-0.1, -0.05) is 0 Å². The van der Waals surface area contributed by atoms with E-state index in [1.807, 2.05) is 0 Å². The highest BCUT2D eigenvalue weighted by atomic mass is 19.4. The summed E-state index contributed by atoms with van der Waals surface area (Å²) in [5, 5.41) is 0. The second kappa shape index (κ2) is 4.36. The van der Waals surface area contributed by atoms with Crippen molar-refractivity contribution in [2.24, 2.45) is 0 Å². The van der Waals surface area contributed by atoms with Crippen molar-refractivity contribution < 1.29 is 17.9 Å². The van der Waals surface area contributed by atoms with Gasteiger partial charge in [0.1, 0.15) is 0 Å². The van der Waals surface area contributed by atoms with Crippen molar-refractivity contribution in [3.63, 3.8) is 0 Å². The Bertz CT molecular complexity index is 484. The number of hydrogen-bond acceptors (Lipinski definition) is 4. The first-order chi connectivity index (χ1) is 8.05. The highest BCUT2D eigenvalue weighted by Crippen LogP contribution is 2.29. The predicted molar refractivity (Wildman–Crippen MR) is 51.3 cm³/mol. The molecule has 0 atom stereocenters. The quantitative estimate of drug-likeness (QED) is 0.811. The molecule has 4 nitrogen and oxygen atoms in total. The average Bonchev–Trinajstić information content (AvgIpc) is 2.30. The van der Waals surface area contributed by atoms with Gasteiger partial charge in [-0.05, 0) is 6.07 Å². The number of hydrogen-bond donors (Lipinski definition) is 0. The highest BCUT2D eigenvalue weighted by Gasteiger charge is 2.30. The summed E-state index contributed by atoms with van der Waals surface area (Å²) in [7, 11) is 0. The molecule has 0 spiro atoms. The van der Waals surface area contributed by atoms with E-state index in [1.165, 1.54) is 18.6 Å². The lowest BCUT2D eigenvalue weighted by Crippen LogP contribution is -2.05. The van der Waals surface area contributed by atoms with Gasteiger partial charge >= 0.3 is 6.18 Å². The average molecular weight is 241 g/mol. The zero-order chi connectivity index (χ0) is 12.3. The van der Waals surface area contributed by atoms with Crippen molar-refractivity contribution >= 4 is 0 Å². The minimum absolute atomic E-state index is 0.0264.